The number of aliphatic hydroxyl groups excluding tert-OH is 1. The van der Waals surface area contributed by atoms with E-state index in [1.54, 1.807) is 29.2 Å². The lowest BCUT2D eigenvalue weighted by molar-refractivity contribution is 0.0800. The molecule has 1 aliphatic rings. The highest BCUT2D eigenvalue weighted by Gasteiger charge is 2.24. The van der Waals surface area contributed by atoms with Crippen molar-refractivity contribution in [1.82, 2.24) is 10.2 Å². The molecular formula is C26H32N2O5. The number of likely N-dealkylation sites (tertiary alicyclic amines) is 1. The summed E-state index contributed by atoms with van der Waals surface area (Å²) in [5.74, 6) is 0.0600. The fourth-order valence-corrected chi connectivity index (χ4v) is 3.84. The summed E-state index contributed by atoms with van der Waals surface area (Å²) >= 11 is 0. The molecule has 0 bridgehead atoms. The SMILES string of the molecule is O=C(CCCCO)c1cccc(C(=O)NCC2CCN(C(=O)OCc3ccccc3)CC2)c1. The zero-order chi connectivity index (χ0) is 23.5. The number of Topliss-reactive ketones (excluding diaryl/α,β-unsaturated/α-hetero) is 1. The highest BCUT2D eigenvalue weighted by Crippen LogP contribution is 2.18. The van der Waals surface area contributed by atoms with Crippen molar-refractivity contribution >= 4 is 17.8 Å². The Morgan fingerprint density at radius 1 is 0.970 bits per heavy atom. The molecule has 1 saturated heterocycles. The predicted molar refractivity (Wildman–Crippen MR) is 125 cm³/mol. The van der Waals surface area contributed by atoms with Crippen LogP contribution in [0.15, 0.2) is 54.6 Å². The lowest BCUT2D eigenvalue weighted by Crippen LogP contribution is -2.41. The molecule has 0 spiro atoms. The first-order valence-electron chi connectivity index (χ1n) is 11.5. The summed E-state index contributed by atoms with van der Waals surface area (Å²) < 4.78 is 5.40. The molecule has 33 heavy (non-hydrogen) atoms. The molecule has 2 aromatic rings. The summed E-state index contributed by atoms with van der Waals surface area (Å²) in [6, 6.07) is 16.3. The lowest BCUT2D eigenvalue weighted by atomic mass is 9.97. The van der Waals surface area contributed by atoms with E-state index >= 15 is 0 Å². The number of nitrogens with zero attached hydrogens (tertiary/aromatic N) is 1. The van der Waals surface area contributed by atoms with Crippen molar-refractivity contribution in [2.45, 2.75) is 38.7 Å². The van der Waals surface area contributed by atoms with Gasteiger partial charge < -0.3 is 20.1 Å². The van der Waals surface area contributed by atoms with E-state index in [-0.39, 0.29) is 36.9 Å². The summed E-state index contributed by atoms with van der Waals surface area (Å²) in [7, 11) is 0. The molecule has 0 unspecified atom stereocenters. The van der Waals surface area contributed by atoms with Gasteiger partial charge in [0.1, 0.15) is 6.61 Å². The Labute approximate surface area is 194 Å². The van der Waals surface area contributed by atoms with Crippen LogP contribution in [0, 0.1) is 5.92 Å². The highest BCUT2D eigenvalue weighted by molar-refractivity contribution is 6.00. The van der Waals surface area contributed by atoms with E-state index in [2.05, 4.69) is 5.32 Å². The number of nitrogens with one attached hydrogen (secondary N) is 1. The van der Waals surface area contributed by atoms with Gasteiger partial charge in [0.2, 0.25) is 0 Å². The van der Waals surface area contributed by atoms with Crippen molar-refractivity contribution in [2.75, 3.05) is 26.2 Å². The number of unbranched alkanes of at least 4 members (excludes halogenated alkanes) is 1. The number of aliphatic hydroxyl groups is 1. The normalized spacial score (nSPS) is 14.0. The van der Waals surface area contributed by atoms with Gasteiger partial charge in [-0.25, -0.2) is 4.79 Å². The molecular weight excluding hydrogens is 420 g/mol. The molecule has 7 heteroatoms. The number of rotatable bonds is 10. The van der Waals surface area contributed by atoms with E-state index in [1.807, 2.05) is 30.3 Å². The van der Waals surface area contributed by atoms with Gasteiger partial charge in [-0.1, -0.05) is 42.5 Å². The van der Waals surface area contributed by atoms with E-state index in [0.717, 1.165) is 18.4 Å². The summed E-state index contributed by atoms with van der Waals surface area (Å²) in [6.07, 6.45) is 2.87. The van der Waals surface area contributed by atoms with Gasteiger partial charge in [0.05, 0.1) is 0 Å². The molecule has 0 aliphatic carbocycles. The second kappa shape index (κ2) is 12.7. The Bertz CT molecular complexity index is 923. The van der Waals surface area contributed by atoms with Crippen molar-refractivity contribution in [2.24, 2.45) is 5.92 Å². The highest BCUT2D eigenvalue weighted by atomic mass is 16.6. The van der Waals surface area contributed by atoms with Gasteiger partial charge in [-0.2, -0.15) is 0 Å². The predicted octanol–water partition coefficient (Wildman–Crippen LogP) is 3.81. The monoisotopic (exact) mass is 452 g/mol. The summed E-state index contributed by atoms with van der Waals surface area (Å²) in [5, 5.41) is 11.8. The maximum Gasteiger partial charge on any atom is 0.410 e. The van der Waals surface area contributed by atoms with Crippen molar-refractivity contribution in [1.29, 1.82) is 0 Å². The Hall–Kier alpha value is -3.19. The van der Waals surface area contributed by atoms with Gasteiger partial charge in [-0.3, -0.25) is 9.59 Å². The fourth-order valence-electron chi connectivity index (χ4n) is 3.84. The number of amides is 2. The van der Waals surface area contributed by atoms with E-state index in [9.17, 15) is 14.4 Å². The van der Waals surface area contributed by atoms with Gasteiger partial charge in [0.25, 0.3) is 5.91 Å². The second-order valence-corrected chi connectivity index (χ2v) is 8.37. The van der Waals surface area contributed by atoms with E-state index in [0.29, 0.717) is 50.0 Å². The lowest BCUT2D eigenvalue weighted by Gasteiger charge is -2.31. The van der Waals surface area contributed by atoms with Crippen molar-refractivity contribution < 1.29 is 24.2 Å². The van der Waals surface area contributed by atoms with Crippen LogP contribution in [0.2, 0.25) is 0 Å². The minimum atomic E-state index is -0.304. The number of ether oxygens (including phenoxy) is 1. The Kier molecular flexibility index (Phi) is 9.44. The largest absolute Gasteiger partial charge is 0.445 e. The summed E-state index contributed by atoms with van der Waals surface area (Å²) in [4.78, 5) is 38.8. The van der Waals surface area contributed by atoms with Crippen molar-refractivity contribution in [3.8, 4) is 0 Å². The zero-order valence-electron chi connectivity index (χ0n) is 18.9. The molecule has 0 saturated carbocycles. The molecule has 2 amide bonds. The quantitative estimate of drug-likeness (QED) is 0.422. The molecule has 7 nitrogen and oxygen atoms in total. The smallest absolute Gasteiger partial charge is 0.410 e. The molecule has 0 aromatic heterocycles. The first-order valence-corrected chi connectivity index (χ1v) is 11.5. The van der Waals surface area contributed by atoms with Crippen LogP contribution in [0.5, 0.6) is 0 Å². The molecule has 2 aromatic carbocycles. The van der Waals surface area contributed by atoms with Crippen LogP contribution in [0.1, 0.15) is 58.4 Å². The van der Waals surface area contributed by atoms with Crippen molar-refractivity contribution in [3.63, 3.8) is 0 Å². The molecule has 176 valence electrons. The third-order valence-corrected chi connectivity index (χ3v) is 5.89. The molecule has 0 radical (unpaired) electrons. The van der Waals surface area contributed by atoms with Crippen LogP contribution in [0.25, 0.3) is 0 Å². The average Bonchev–Trinajstić information content (AvgIpc) is 2.87. The number of carbonyl (C=O) groups is 3. The van der Waals surface area contributed by atoms with Crippen LogP contribution in [0.4, 0.5) is 4.79 Å². The van der Waals surface area contributed by atoms with Crippen LogP contribution in [-0.2, 0) is 11.3 Å². The maximum absolute atomic E-state index is 12.6. The topological polar surface area (TPSA) is 95.9 Å². The first kappa shape index (κ1) is 24.5. The van der Waals surface area contributed by atoms with E-state index in [1.165, 1.54) is 0 Å². The fraction of sp³-hybridized carbons (Fsp3) is 0.423. The molecule has 0 atom stereocenters. The molecule has 3 rings (SSSR count). The minimum absolute atomic E-state index is 0.0235. The average molecular weight is 453 g/mol. The summed E-state index contributed by atoms with van der Waals surface area (Å²) in [5.41, 5.74) is 1.94. The van der Waals surface area contributed by atoms with E-state index in [4.69, 9.17) is 9.84 Å². The third kappa shape index (κ3) is 7.71. The molecule has 1 heterocycles. The number of carbonyl (C=O) groups excluding carboxylic acids is 3. The third-order valence-electron chi connectivity index (χ3n) is 5.89. The van der Waals surface area contributed by atoms with Gasteiger partial charge in [0, 0.05) is 43.8 Å². The van der Waals surface area contributed by atoms with Gasteiger partial charge in [0.15, 0.2) is 5.78 Å². The van der Waals surface area contributed by atoms with Crippen molar-refractivity contribution in [3.05, 3.63) is 71.3 Å². The Morgan fingerprint density at radius 2 is 1.70 bits per heavy atom. The van der Waals surface area contributed by atoms with Crippen LogP contribution in [0.3, 0.4) is 0 Å². The molecule has 2 N–H and O–H groups in total. The van der Waals surface area contributed by atoms with E-state index < -0.39 is 0 Å². The molecule has 1 fully saturated rings. The number of piperidine rings is 1. The number of hydrogen-bond donors (Lipinski definition) is 2. The van der Waals surface area contributed by atoms with Crippen LogP contribution >= 0.6 is 0 Å². The Balaban J connectivity index is 1.39. The maximum atomic E-state index is 12.6. The molecule has 1 aliphatic heterocycles. The van der Waals surface area contributed by atoms with Crippen LogP contribution in [-0.4, -0.2) is 54.0 Å². The number of ketones is 1. The minimum Gasteiger partial charge on any atom is -0.445 e. The second-order valence-electron chi connectivity index (χ2n) is 8.37. The summed E-state index contributed by atoms with van der Waals surface area (Å²) in [6.45, 7) is 2.07. The zero-order valence-corrected chi connectivity index (χ0v) is 18.9. The van der Waals surface area contributed by atoms with Gasteiger partial charge in [-0.15, -0.1) is 0 Å². The number of hydrogen-bond acceptors (Lipinski definition) is 5. The standard InChI is InChI=1S/C26H32N2O5/c29-16-5-4-11-24(30)22-9-6-10-23(17-22)25(31)27-18-20-12-14-28(15-13-20)26(32)33-19-21-7-2-1-3-8-21/h1-3,6-10,17,20,29H,4-5,11-16,18-19H2,(H,27,31). The first-order chi connectivity index (χ1) is 16.1. The van der Waals surface area contributed by atoms with Crippen LogP contribution < -0.4 is 5.32 Å². The van der Waals surface area contributed by atoms with Gasteiger partial charge in [-0.05, 0) is 49.3 Å². The van der Waals surface area contributed by atoms with Gasteiger partial charge >= 0.3 is 6.09 Å². The number of benzene rings is 2. The Morgan fingerprint density at radius 3 is 2.42 bits per heavy atom.